The molecule has 1 amide bonds. The molecule has 0 bridgehead atoms. The fraction of sp³-hybridized carbons (Fsp3) is 0.450. The molecule has 1 aliphatic carbocycles. The first-order chi connectivity index (χ1) is 12.9. The molecule has 7 heteroatoms. The van der Waals surface area contributed by atoms with Crippen LogP contribution in [0.3, 0.4) is 0 Å². The molecule has 1 aromatic heterocycles. The summed E-state index contributed by atoms with van der Waals surface area (Å²) in [5, 5.41) is 13.4. The van der Waals surface area contributed by atoms with E-state index < -0.39 is 11.4 Å². The number of nitrogens with zero attached hydrogens (tertiary/aromatic N) is 3. The van der Waals surface area contributed by atoms with E-state index in [2.05, 4.69) is 5.10 Å². The van der Waals surface area contributed by atoms with Crippen LogP contribution in [0.2, 0.25) is 0 Å². The Labute approximate surface area is 156 Å². The molecule has 27 heavy (non-hydrogen) atoms. The number of rotatable bonds is 4. The van der Waals surface area contributed by atoms with Crippen molar-refractivity contribution in [2.75, 3.05) is 13.1 Å². The van der Waals surface area contributed by atoms with Gasteiger partial charge in [0.1, 0.15) is 11.4 Å². The number of amides is 1. The Morgan fingerprint density at radius 2 is 1.81 bits per heavy atom. The lowest BCUT2D eigenvalue weighted by Gasteiger charge is -2.35. The van der Waals surface area contributed by atoms with Crippen LogP contribution in [0, 0.1) is 12.7 Å². The summed E-state index contributed by atoms with van der Waals surface area (Å²) in [6.45, 7) is 3.00. The number of piperidine rings is 1. The number of aromatic carboxylic acids is 1. The van der Waals surface area contributed by atoms with E-state index >= 15 is 0 Å². The highest BCUT2D eigenvalue weighted by atomic mass is 19.1. The Hall–Kier alpha value is -2.70. The average molecular weight is 371 g/mol. The van der Waals surface area contributed by atoms with Gasteiger partial charge in [-0.2, -0.15) is 5.10 Å². The molecule has 1 aromatic carbocycles. The minimum Gasteiger partial charge on any atom is -0.478 e. The standard InChI is InChI=1S/C20H22FN3O3/c1-13-17(18(25)26)12-22-24(13)16-6-10-23(11-7-16)19(27)20(8-9-20)14-2-4-15(21)5-3-14/h2-5,12,16H,6-11H2,1H3,(H,25,26). The average Bonchev–Trinajstić information content (AvgIpc) is 3.38. The summed E-state index contributed by atoms with van der Waals surface area (Å²) in [5.74, 6) is -1.14. The van der Waals surface area contributed by atoms with Crippen LogP contribution in [0.1, 0.15) is 53.3 Å². The number of halogens is 1. The van der Waals surface area contributed by atoms with Crippen molar-refractivity contribution in [1.82, 2.24) is 14.7 Å². The quantitative estimate of drug-likeness (QED) is 0.897. The zero-order chi connectivity index (χ0) is 19.2. The summed E-state index contributed by atoms with van der Waals surface area (Å²) in [4.78, 5) is 26.2. The Morgan fingerprint density at radius 3 is 2.33 bits per heavy atom. The van der Waals surface area contributed by atoms with E-state index in [0.717, 1.165) is 31.2 Å². The summed E-state index contributed by atoms with van der Waals surface area (Å²) in [5.41, 5.74) is 1.28. The van der Waals surface area contributed by atoms with E-state index in [0.29, 0.717) is 18.8 Å². The first kappa shape index (κ1) is 17.7. The van der Waals surface area contributed by atoms with E-state index in [1.807, 2.05) is 4.90 Å². The highest BCUT2D eigenvalue weighted by Gasteiger charge is 2.53. The van der Waals surface area contributed by atoms with E-state index in [1.165, 1.54) is 18.3 Å². The van der Waals surface area contributed by atoms with Crippen LogP contribution in [0.5, 0.6) is 0 Å². The van der Waals surface area contributed by atoms with Crippen molar-refractivity contribution >= 4 is 11.9 Å². The maximum absolute atomic E-state index is 13.2. The van der Waals surface area contributed by atoms with Crippen LogP contribution >= 0.6 is 0 Å². The molecule has 6 nitrogen and oxygen atoms in total. The van der Waals surface area contributed by atoms with Crippen molar-refractivity contribution in [3.8, 4) is 0 Å². The normalized spacial score (nSPS) is 19.1. The zero-order valence-electron chi connectivity index (χ0n) is 15.2. The van der Waals surface area contributed by atoms with Gasteiger partial charge in [0.05, 0.1) is 23.3 Å². The van der Waals surface area contributed by atoms with Crippen molar-refractivity contribution in [3.63, 3.8) is 0 Å². The fourth-order valence-corrected chi connectivity index (χ4v) is 4.14. The van der Waals surface area contributed by atoms with Gasteiger partial charge in [0, 0.05) is 13.1 Å². The van der Waals surface area contributed by atoms with Crippen molar-refractivity contribution in [3.05, 3.63) is 53.1 Å². The third-order valence-corrected chi connectivity index (χ3v) is 5.93. The summed E-state index contributed by atoms with van der Waals surface area (Å²) >= 11 is 0. The second-order valence-corrected chi connectivity index (χ2v) is 7.51. The van der Waals surface area contributed by atoms with E-state index in [4.69, 9.17) is 0 Å². The van der Waals surface area contributed by atoms with Crippen LogP contribution < -0.4 is 0 Å². The SMILES string of the molecule is Cc1c(C(=O)O)cnn1C1CCN(C(=O)C2(c3ccc(F)cc3)CC2)CC1. The Morgan fingerprint density at radius 1 is 1.19 bits per heavy atom. The maximum Gasteiger partial charge on any atom is 0.339 e. The van der Waals surface area contributed by atoms with Gasteiger partial charge in [-0.05, 0) is 50.3 Å². The molecule has 2 aliphatic rings. The Kier molecular flexibility index (Phi) is 4.25. The molecule has 142 valence electrons. The van der Waals surface area contributed by atoms with Gasteiger partial charge in [-0.25, -0.2) is 9.18 Å². The lowest BCUT2D eigenvalue weighted by Crippen LogP contribution is -2.44. The summed E-state index contributed by atoms with van der Waals surface area (Å²) < 4.78 is 15.0. The van der Waals surface area contributed by atoms with Crippen LogP contribution in [0.4, 0.5) is 4.39 Å². The van der Waals surface area contributed by atoms with Crippen molar-refractivity contribution < 1.29 is 19.1 Å². The summed E-state index contributed by atoms with van der Waals surface area (Å²) in [7, 11) is 0. The minimum absolute atomic E-state index is 0.100. The molecule has 2 heterocycles. The molecule has 2 fully saturated rings. The van der Waals surface area contributed by atoms with Crippen molar-refractivity contribution in [1.29, 1.82) is 0 Å². The molecule has 0 atom stereocenters. The van der Waals surface area contributed by atoms with Gasteiger partial charge in [-0.15, -0.1) is 0 Å². The smallest absolute Gasteiger partial charge is 0.339 e. The number of carbonyl (C=O) groups excluding carboxylic acids is 1. The van der Waals surface area contributed by atoms with Gasteiger partial charge in [0.15, 0.2) is 0 Å². The largest absolute Gasteiger partial charge is 0.478 e. The van der Waals surface area contributed by atoms with Crippen molar-refractivity contribution in [2.45, 2.75) is 44.1 Å². The van der Waals surface area contributed by atoms with Crippen molar-refractivity contribution in [2.24, 2.45) is 0 Å². The molecule has 1 N–H and O–H groups in total. The molecule has 2 aromatic rings. The molecule has 1 aliphatic heterocycles. The molecule has 0 unspecified atom stereocenters. The number of carboxylic acid groups (broad SMARTS) is 1. The molecular weight excluding hydrogens is 349 g/mol. The van der Waals surface area contributed by atoms with Gasteiger partial charge in [-0.1, -0.05) is 12.1 Å². The van der Waals surface area contributed by atoms with Gasteiger partial charge in [-0.3, -0.25) is 9.48 Å². The summed E-state index contributed by atoms with van der Waals surface area (Å²) in [6, 6.07) is 6.36. The Bertz CT molecular complexity index is 878. The predicted octanol–water partition coefficient (Wildman–Crippen LogP) is 2.92. The monoisotopic (exact) mass is 371 g/mol. The van der Waals surface area contributed by atoms with Gasteiger partial charge < -0.3 is 10.0 Å². The minimum atomic E-state index is -0.971. The second-order valence-electron chi connectivity index (χ2n) is 7.51. The van der Waals surface area contributed by atoms with E-state index in [9.17, 15) is 19.1 Å². The third kappa shape index (κ3) is 3.01. The fourth-order valence-electron chi connectivity index (χ4n) is 4.14. The predicted molar refractivity (Wildman–Crippen MR) is 96.1 cm³/mol. The topological polar surface area (TPSA) is 75.4 Å². The van der Waals surface area contributed by atoms with E-state index in [-0.39, 0.29) is 23.3 Å². The number of carboxylic acids is 1. The maximum atomic E-state index is 13.2. The summed E-state index contributed by atoms with van der Waals surface area (Å²) in [6.07, 6.45) is 4.48. The number of hydrogen-bond donors (Lipinski definition) is 1. The third-order valence-electron chi connectivity index (χ3n) is 5.93. The number of aromatic nitrogens is 2. The number of carbonyl (C=O) groups is 2. The number of hydrogen-bond acceptors (Lipinski definition) is 3. The van der Waals surface area contributed by atoms with Gasteiger partial charge in [0.2, 0.25) is 5.91 Å². The molecule has 4 rings (SSSR count). The highest BCUT2D eigenvalue weighted by molar-refractivity contribution is 5.91. The Balaban J connectivity index is 1.44. The van der Waals surface area contributed by atoms with Crippen LogP contribution in [0.25, 0.3) is 0 Å². The first-order valence-electron chi connectivity index (χ1n) is 9.25. The number of likely N-dealkylation sites (tertiary alicyclic amines) is 1. The van der Waals surface area contributed by atoms with Crippen LogP contribution in [-0.4, -0.2) is 44.8 Å². The molecule has 0 radical (unpaired) electrons. The lowest BCUT2D eigenvalue weighted by molar-refractivity contribution is -0.135. The zero-order valence-corrected chi connectivity index (χ0v) is 15.2. The number of benzene rings is 1. The molecular formula is C20H22FN3O3. The first-order valence-corrected chi connectivity index (χ1v) is 9.25. The molecule has 1 saturated carbocycles. The van der Waals surface area contributed by atoms with Crippen LogP contribution in [0.15, 0.2) is 30.5 Å². The van der Waals surface area contributed by atoms with Gasteiger partial charge in [0.25, 0.3) is 0 Å². The van der Waals surface area contributed by atoms with Gasteiger partial charge >= 0.3 is 5.97 Å². The van der Waals surface area contributed by atoms with E-state index in [1.54, 1.807) is 23.7 Å². The lowest BCUT2D eigenvalue weighted by atomic mass is 9.93. The second kappa shape index (κ2) is 6.48. The molecule has 0 spiro atoms. The molecule has 1 saturated heterocycles. The highest BCUT2D eigenvalue weighted by Crippen LogP contribution is 2.50. The van der Waals surface area contributed by atoms with Crippen LogP contribution in [-0.2, 0) is 10.2 Å².